The second-order valence-electron chi connectivity index (χ2n) is 13.7. The molecule has 2 rings (SSSR count). The van der Waals surface area contributed by atoms with Gasteiger partial charge in [0.05, 0.1) is 31.0 Å². The molecule has 0 bridgehead atoms. The van der Waals surface area contributed by atoms with Crippen molar-refractivity contribution >= 4 is 14.2 Å². The summed E-state index contributed by atoms with van der Waals surface area (Å²) in [5, 5.41) is 7.27. The molecule has 1 aliphatic rings. The van der Waals surface area contributed by atoms with Crippen molar-refractivity contribution in [3.63, 3.8) is 0 Å². The Morgan fingerprint density at radius 1 is 1.12 bits per heavy atom. The molecule has 0 saturated heterocycles. The Morgan fingerprint density at radius 2 is 1.83 bits per heavy atom. The number of unbranched alkanes of at least 4 members (excludes halogenated alkanes) is 1. The summed E-state index contributed by atoms with van der Waals surface area (Å²) in [4.78, 5) is 13.0. The van der Waals surface area contributed by atoms with E-state index in [0.717, 1.165) is 31.4 Å². The van der Waals surface area contributed by atoms with Gasteiger partial charge in [-0.2, -0.15) is 0 Å². The zero-order valence-electron chi connectivity index (χ0n) is 27.3. The molecule has 1 amide bonds. The van der Waals surface area contributed by atoms with E-state index in [2.05, 4.69) is 83.6 Å². The first-order chi connectivity index (χ1) is 19.2. The van der Waals surface area contributed by atoms with Gasteiger partial charge in [-0.1, -0.05) is 52.8 Å². The van der Waals surface area contributed by atoms with Gasteiger partial charge >= 0.3 is 0 Å². The third-order valence-corrected chi connectivity index (χ3v) is 12.7. The van der Waals surface area contributed by atoms with Crippen LogP contribution in [0.5, 0.6) is 5.75 Å². The highest BCUT2D eigenvalue weighted by atomic mass is 28.4. The molecule has 0 saturated carbocycles. The van der Waals surface area contributed by atoms with Crippen LogP contribution in [-0.2, 0) is 14.0 Å². The number of hydrogen-bond donors (Lipinski definition) is 2. The number of rotatable bonds is 18. The maximum atomic E-state index is 13.0. The first-order valence-electron chi connectivity index (χ1n) is 15.5. The Kier molecular flexibility index (Phi) is 13.8. The number of benzene rings is 1. The number of hydrogen-bond acceptors (Lipinski definition) is 5. The lowest BCUT2D eigenvalue weighted by molar-refractivity contribution is -0.122. The minimum Gasteiger partial charge on any atom is -0.491 e. The van der Waals surface area contributed by atoms with E-state index in [4.69, 9.17) is 13.9 Å². The van der Waals surface area contributed by atoms with E-state index in [-0.39, 0.29) is 41.3 Å². The van der Waals surface area contributed by atoms with Crippen LogP contribution in [0.1, 0.15) is 104 Å². The SMILES string of the molecule is C=CCCCC(=O)N[C@@H](CC(C)C)[C@@H](CN[C@H]1C[C@@H](OCC=C)c2ccc(OC(C)C)cc21)O[Si](C)(C)C(C)(C)C. The number of carbonyl (C=O) groups excluding carboxylic acids is 1. The van der Waals surface area contributed by atoms with Crippen molar-refractivity contribution in [1.29, 1.82) is 0 Å². The zero-order chi connectivity index (χ0) is 30.8. The quantitative estimate of drug-likeness (QED) is 0.104. The van der Waals surface area contributed by atoms with Crippen LogP contribution in [0.15, 0.2) is 43.5 Å². The minimum atomic E-state index is -2.13. The molecule has 1 aromatic carbocycles. The van der Waals surface area contributed by atoms with Crippen molar-refractivity contribution < 1.29 is 18.7 Å². The fraction of sp³-hybridized carbons (Fsp3) is 0.676. The first-order valence-corrected chi connectivity index (χ1v) is 18.4. The van der Waals surface area contributed by atoms with Gasteiger partial charge in [-0.15, -0.1) is 13.2 Å². The fourth-order valence-corrected chi connectivity index (χ4v) is 6.43. The minimum absolute atomic E-state index is 0.00983. The summed E-state index contributed by atoms with van der Waals surface area (Å²) in [5.41, 5.74) is 2.40. The third kappa shape index (κ3) is 11.0. The van der Waals surface area contributed by atoms with Crippen molar-refractivity contribution in [1.82, 2.24) is 10.6 Å². The maximum Gasteiger partial charge on any atom is 0.220 e. The predicted molar refractivity (Wildman–Crippen MR) is 174 cm³/mol. The van der Waals surface area contributed by atoms with Crippen molar-refractivity contribution in [3.05, 3.63) is 54.6 Å². The summed E-state index contributed by atoms with van der Waals surface area (Å²) < 4.78 is 19.3. The van der Waals surface area contributed by atoms with Gasteiger partial charge in [-0.3, -0.25) is 4.79 Å². The lowest BCUT2D eigenvalue weighted by Crippen LogP contribution is -2.55. The van der Waals surface area contributed by atoms with Gasteiger partial charge in [0.1, 0.15) is 5.75 Å². The smallest absolute Gasteiger partial charge is 0.220 e. The van der Waals surface area contributed by atoms with Crippen molar-refractivity contribution in [2.75, 3.05) is 13.2 Å². The van der Waals surface area contributed by atoms with Crippen LogP contribution < -0.4 is 15.4 Å². The number of fused-ring (bicyclic) bond motifs is 1. The van der Waals surface area contributed by atoms with Crippen LogP contribution in [0.4, 0.5) is 0 Å². The van der Waals surface area contributed by atoms with Crippen LogP contribution >= 0.6 is 0 Å². The Bertz CT molecular complexity index is 985. The number of amides is 1. The van der Waals surface area contributed by atoms with Crippen molar-refractivity contribution in [2.24, 2.45) is 5.92 Å². The standard InChI is InChI=1S/C34H58N2O4Si/c1-12-14-15-16-33(37)36-30(20-24(3)4)32(40-41(10,11)34(7,8)9)23-35-29-22-31(38-19-13-2)27-18-17-26(21-28(27)29)39-25(5)6/h12-13,17-18,21,24-25,29-32,35H,1-2,14-16,19-20,22-23H2,3-11H3,(H,36,37)/t29-,30-,31+,32+/m0/s1. The summed E-state index contributed by atoms with van der Waals surface area (Å²) in [6.07, 6.45) is 7.42. The zero-order valence-corrected chi connectivity index (χ0v) is 28.3. The number of ether oxygens (including phenoxy) is 2. The van der Waals surface area contributed by atoms with Crippen LogP contribution in [-0.4, -0.2) is 45.6 Å². The molecule has 0 aliphatic heterocycles. The predicted octanol–water partition coefficient (Wildman–Crippen LogP) is 8.03. The lowest BCUT2D eigenvalue weighted by atomic mass is 9.98. The van der Waals surface area contributed by atoms with Gasteiger partial charge < -0.3 is 24.5 Å². The summed E-state index contributed by atoms with van der Waals surface area (Å²) >= 11 is 0. The molecule has 0 spiro atoms. The molecule has 7 heteroatoms. The van der Waals surface area contributed by atoms with E-state index in [1.165, 1.54) is 11.1 Å². The van der Waals surface area contributed by atoms with Crippen LogP contribution in [0.25, 0.3) is 0 Å². The van der Waals surface area contributed by atoms with E-state index in [1.54, 1.807) is 6.08 Å². The van der Waals surface area contributed by atoms with Crippen molar-refractivity contribution in [3.8, 4) is 5.75 Å². The van der Waals surface area contributed by atoms with Crippen LogP contribution in [0.3, 0.4) is 0 Å². The molecular weight excluding hydrogens is 528 g/mol. The summed E-state index contributed by atoms with van der Waals surface area (Å²) in [6.45, 7) is 28.6. The number of carbonyl (C=O) groups is 1. The second-order valence-corrected chi connectivity index (χ2v) is 18.4. The molecular formula is C34H58N2O4Si. The van der Waals surface area contributed by atoms with Crippen LogP contribution in [0.2, 0.25) is 18.1 Å². The topological polar surface area (TPSA) is 68.8 Å². The van der Waals surface area contributed by atoms with Crippen molar-refractivity contribution in [2.45, 2.75) is 129 Å². The van der Waals surface area contributed by atoms with E-state index in [1.807, 2.05) is 26.0 Å². The van der Waals surface area contributed by atoms with E-state index in [0.29, 0.717) is 25.5 Å². The Balaban J connectivity index is 2.36. The summed E-state index contributed by atoms with van der Waals surface area (Å²) in [6, 6.07) is 6.33. The Hall–Kier alpha value is -1.93. The Labute approximate surface area is 251 Å². The fourth-order valence-electron chi connectivity index (χ4n) is 5.07. The van der Waals surface area contributed by atoms with Gasteiger partial charge in [0, 0.05) is 19.0 Å². The second kappa shape index (κ2) is 16.1. The molecule has 2 N–H and O–H groups in total. The molecule has 232 valence electrons. The average molecular weight is 587 g/mol. The van der Waals surface area contributed by atoms with Gasteiger partial charge in [-0.25, -0.2) is 0 Å². The van der Waals surface area contributed by atoms with Gasteiger partial charge in [0.25, 0.3) is 0 Å². The number of nitrogens with one attached hydrogen (secondary N) is 2. The largest absolute Gasteiger partial charge is 0.491 e. The van der Waals surface area contributed by atoms with E-state index < -0.39 is 8.32 Å². The van der Waals surface area contributed by atoms with E-state index >= 15 is 0 Å². The van der Waals surface area contributed by atoms with E-state index in [9.17, 15) is 4.79 Å². The first kappa shape index (κ1) is 35.3. The molecule has 0 aromatic heterocycles. The highest BCUT2D eigenvalue weighted by Gasteiger charge is 2.42. The molecule has 0 unspecified atom stereocenters. The molecule has 41 heavy (non-hydrogen) atoms. The maximum absolute atomic E-state index is 13.0. The number of allylic oxidation sites excluding steroid dienone is 1. The summed E-state index contributed by atoms with van der Waals surface area (Å²) in [5.74, 6) is 1.37. The monoisotopic (exact) mass is 586 g/mol. The third-order valence-electron chi connectivity index (χ3n) is 8.17. The van der Waals surface area contributed by atoms with Crippen LogP contribution in [0, 0.1) is 5.92 Å². The molecule has 1 aromatic rings. The highest BCUT2D eigenvalue weighted by Crippen LogP contribution is 2.43. The van der Waals surface area contributed by atoms with Gasteiger partial charge in [0.2, 0.25) is 5.91 Å². The highest BCUT2D eigenvalue weighted by molar-refractivity contribution is 6.74. The van der Waals surface area contributed by atoms with Gasteiger partial charge in [0.15, 0.2) is 8.32 Å². The summed E-state index contributed by atoms with van der Waals surface area (Å²) in [7, 11) is -2.13. The molecule has 6 nitrogen and oxygen atoms in total. The molecule has 0 heterocycles. The normalized spacial score (nSPS) is 18.7. The lowest BCUT2D eigenvalue weighted by Gasteiger charge is -2.42. The molecule has 1 aliphatic carbocycles. The molecule has 0 radical (unpaired) electrons. The van der Waals surface area contributed by atoms with Gasteiger partial charge in [-0.05, 0) is 86.8 Å². The Morgan fingerprint density at radius 3 is 2.41 bits per heavy atom. The average Bonchev–Trinajstić information content (AvgIpc) is 3.20. The molecule has 0 fully saturated rings. The molecule has 4 atom stereocenters.